The lowest BCUT2D eigenvalue weighted by molar-refractivity contribution is -0.133. The van der Waals surface area contributed by atoms with Crippen LogP contribution in [0.15, 0.2) is 48.5 Å². The first-order valence-electron chi connectivity index (χ1n) is 6.45. The molecule has 0 aliphatic rings. The molecule has 0 unspecified atom stereocenters. The van der Waals surface area contributed by atoms with Crippen LogP contribution in [-0.2, 0) is 9.59 Å². The molecule has 0 saturated carbocycles. The Kier molecular flexibility index (Phi) is 4.63. The highest BCUT2D eigenvalue weighted by Crippen LogP contribution is 2.13. The van der Waals surface area contributed by atoms with E-state index in [9.17, 15) is 18.8 Å². The van der Waals surface area contributed by atoms with Gasteiger partial charge in [-0.25, -0.2) is 4.39 Å². The molecule has 2 aromatic rings. The fraction of sp³-hybridized carbons (Fsp3) is 0.0625. The largest absolute Gasteiger partial charge is 0.318 e. The van der Waals surface area contributed by atoms with Crippen molar-refractivity contribution >= 4 is 29.0 Å². The minimum Gasteiger partial charge on any atom is -0.318 e. The summed E-state index contributed by atoms with van der Waals surface area (Å²) in [5.41, 5.74) is 0.633. The van der Waals surface area contributed by atoms with Crippen molar-refractivity contribution in [2.45, 2.75) is 6.92 Å². The molecule has 0 spiro atoms. The maximum atomic E-state index is 13.4. The van der Waals surface area contributed by atoms with Crippen molar-refractivity contribution < 1.29 is 18.8 Å². The molecular formula is C16H13FN2O3. The molecule has 2 rings (SSSR count). The van der Waals surface area contributed by atoms with E-state index in [1.165, 1.54) is 37.3 Å². The molecule has 22 heavy (non-hydrogen) atoms. The van der Waals surface area contributed by atoms with Gasteiger partial charge in [-0.2, -0.15) is 0 Å². The summed E-state index contributed by atoms with van der Waals surface area (Å²) in [5, 5.41) is 4.53. The lowest BCUT2D eigenvalue weighted by Crippen LogP contribution is -2.29. The van der Waals surface area contributed by atoms with Crippen LogP contribution in [0.3, 0.4) is 0 Å². The van der Waals surface area contributed by atoms with Gasteiger partial charge in [0.1, 0.15) is 5.82 Å². The van der Waals surface area contributed by atoms with Crippen LogP contribution in [0.4, 0.5) is 15.8 Å². The van der Waals surface area contributed by atoms with Gasteiger partial charge in [0.25, 0.3) is 0 Å². The van der Waals surface area contributed by atoms with Crippen LogP contribution in [0.2, 0.25) is 0 Å². The van der Waals surface area contributed by atoms with Gasteiger partial charge < -0.3 is 10.6 Å². The predicted molar refractivity (Wildman–Crippen MR) is 80.1 cm³/mol. The minimum atomic E-state index is -1.00. The minimum absolute atomic E-state index is 0.0832. The smallest absolute Gasteiger partial charge is 0.314 e. The number of nitrogens with one attached hydrogen (secondary N) is 2. The van der Waals surface area contributed by atoms with Crippen molar-refractivity contribution in [3.63, 3.8) is 0 Å². The summed E-state index contributed by atoms with van der Waals surface area (Å²) >= 11 is 0. The van der Waals surface area contributed by atoms with E-state index in [2.05, 4.69) is 10.6 Å². The lowest BCUT2D eigenvalue weighted by atomic mass is 10.1. The van der Waals surface area contributed by atoms with Gasteiger partial charge in [0, 0.05) is 11.3 Å². The zero-order valence-electron chi connectivity index (χ0n) is 11.7. The first kappa shape index (κ1) is 15.4. The topological polar surface area (TPSA) is 75.3 Å². The Morgan fingerprint density at radius 3 is 2.27 bits per heavy atom. The highest BCUT2D eigenvalue weighted by atomic mass is 19.1. The summed E-state index contributed by atoms with van der Waals surface area (Å²) < 4.78 is 13.4. The third kappa shape index (κ3) is 3.76. The maximum absolute atomic E-state index is 13.4. The Morgan fingerprint density at radius 1 is 0.909 bits per heavy atom. The molecule has 112 valence electrons. The average molecular weight is 300 g/mol. The quantitative estimate of drug-likeness (QED) is 0.676. The first-order valence-corrected chi connectivity index (χ1v) is 6.45. The number of hydrogen-bond donors (Lipinski definition) is 2. The predicted octanol–water partition coefficient (Wildman–Crippen LogP) is 2.61. The molecule has 0 aromatic heterocycles. The van der Waals surface area contributed by atoms with E-state index >= 15 is 0 Å². The number of ketones is 1. The number of benzene rings is 2. The zero-order valence-corrected chi connectivity index (χ0v) is 11.7. The van der Waals surface area contributed by atoms with Gasteiger partial charge in [-0.15, -0.1) is 0 Å². The number of amides is 2. The second-order valence-corrected chi connectivity index (χ2v) is 4.53. The van der Waals surface area contributed by atoms with Crippen LogP contribution in [0, 0.1) is 5.82 Å². The normalized spacial score (nSPS) is 9.91. The number of anilines is 2. The maximum Gasteiger partial charge on any atom is 0.314 e. The molecule has 0 saturated heterocycles. The third-order valence-electron chi connectivity index (χ3n) is 2.86. The fourth-order valence-corrected chi connectivity index (χ4v) is 1.75. The fourth-order valence-electron chi connectivity index (χ4n) is 1.75. The zero-order chi connectivity index (χ0) is 16.1. The molecule has 0 heterocycles. The summed E-state index contributed by atoms with van der Waals surface area (Å²) in [7, 11) is 0. The van der Waals surface area contributed by atoms with Gasteiger partial charge in [0.15, 0.2) is 5.78 Å². The molecule has 0 atom stereocenters. The van der Waals surface area contributed by atoms with Crippen LogP contribution in [-0.4, -0.2) is 17.6 Å². The van der Waals surface area contributed by atoms with Gasteiger partial charge in [0.2, 0.25) is 0 Å². The number of halogens is 1. The van der Waals surface area contributed by atoms with Gasteiger partial charge in [-0.1, -0.05) is 24.3 Å². The van der Waals surface area contributed by atoms with E-state index in [1.807, 2.05) is 0 Å². The van der Waals surface area contributed by atoms with Crippen molar-refractivity contribution in [1.29, 1.82) is 0 Å². The highest BCUT2D eigenvalue weighted by molar-refractivity contribution is 6.43. The average Bonchev–Trinajstić information content (AvgIpc) is 2.49. The molecule has 2 N–H and O–H groups in total. The number of hydrogen-bond acceptors (Lipinski definition) is 3. The summed E-state index contributed by atoms with van der Waals surface area (Å²) in [6.45, 7) is 1.39. The number of carbonyl (C=O) groups is 3. The summed E-state index contributed by atoms with van der Waals surface area (Å²) in [4.78, 5) is 34.8. The van der Waals surface area contributed by atoms with Crippen LogP contribution in [0.1, 0.15) is 17.3 Å². The second-order valence-electron chi connectivity index (χ2n) is 4.53. The van der Waals surface area contributed by atoms with E-state index in [1.54, 1.807) is 18.2 Å². The molecule has 0 aliphatic carbocycles. The molecular weight excluding hydrogens is 287 g/mol. The summed E-state index contributed by atoms with van der Waals surface area (Å²) in [6, 6.07) is 11.7. The molecule has 2 amide bonds. The highest BCUT2D eigenvalue weighted by Gasteiger charge is 2.16. The SMILES string of the molecule is CC(=O)c1cccc(NC(=O)C(=O)Nc2ccccc2F)c1. The summed E-state index contributed by atoms with van der Waals surface area (Å²) in [6.07, 6.45) is 0. The molecule has 2 aromatic carbocycles. The summed E-state index contributed by atoms with van der Waals surface area (Å²) in [5.74, 6) is -2.75. The van der Waals surface area contributed by atoms with Crippen LogP contribution in [0.5, 0.6) is 0 Å². The van der Waals surface area contributed by atoms with Crippen molar-refractivity contribution in [3.05, 3.63) is 59.9 Å². The van der Waals surface area contributed by atoms with Crippen molar-refractivity contribution in [2.75, 3.05) is 10.6 Å². The van der Waals surface area contributed by atoms with Crippen LogP contribution in [0.25, 0.3) is 0 Å². The Bertz CT molecular complexity index is 744. The monoisotopic (exact) mass is 300 g/mol. The number of rotatable bonds is 3. The van der Waals surface area contributed by atoms with Crippen LogP contribution < -0.4 is 10.6 Å². The Hall–Kier alpha value is -3.02. The molecule has 0 aliphatic heterocycles. The third-order valence-corrected chi connectivity index (χ3v) is 2.86. The molecule has 0 bridgehead atoms. The van der Waals surface area contributed by atoms with Gasteiger partial charge in [-0.3, -0.25) is 14.4 Å². The Morgan fingerprint density at radius 2 is 1.59 bits per heavy atom. The van der Waals surface area contributed by atoms with Crippen molar-refractivity contribution in [2.24, 2.45) is 0 Å². The van der Waals surface area contributed by atoms with Gasteiger partial charge >= 0.3 is 11.8 Å². The second kappa shape index (κ2) is 6.62. The molecule has 6 heteroatoms. The molecule has 0 radical (unpaired) electrons. The molecule has 5 nitrogen and oxygen atoms in total. The van der Waals surface area contributed by atoms with Gasteiger partial charge in [0.05, 0.1) is 5.69 Å². The Labute approximate surface area is 126 Å². The van der Waals surface area contributed by atoms with Crippen molar-refractivity contribution in [1.82, 2.24) is 0 Å². The lowest BCUT2D eigenvalue weighted by Gasteiger charge is -2.08. The Balaban J connectivity index is 2.06. The van der Waals surface area contributed by atoms with Gasteiger partial charge in [-0.05, 0) is 31.2 Å². The van der Waals surface area contributed by atoms with E-state index < -0.39 is 17.6 Å². The van der Waals surface area contributed by atoms with E-state index in [4.69, 9.17) is 0 Å². The number of carbonyl (C=O) groups excluding carboxylic acids is 3. The standard InChI is InChI=1S/C16H13FN2O3/c1-10(20)11-5-4-6-12(9-11)18-15(21)16(22)19-14-8-3-2-7-13(14)17/h2-9H,1H3,(H,18,21)(H,19,22). The molecule has 0 fully saturated rings. The van der Waals surface area contributed by atoms with Crippen LogP contribution >= 0.6 is 0 Å². The van der Waals surface area contributed by atoms with E-state index in [-0.39, 0.29) is 11.5 Å². The van der Waals surface area contributed by atoms with E-state index in [0.29, 0.717) is 11.3 Å². The number of para-hydroxylation sites is 1. The van der Waals surface area contributed by atoms with Crippen molar-refractivity contribution in [3.8, 4) is 0 Å². The number of Topliss-reactive ketones (excluding diaryl/α,β-unsaturated/α-hetero) is 1. The van der Waals surface area contributed by atoms with E-state index in [0.717, 1.165) is 0 Å². The first-order chi connectivity index (χ1) is 10.5.